The summed E-state index contributed by atoms with van der Waals surface area (Å²) in [6, 6.07) is 1.13. The van der Waals surface area contributed by atoms with Gasteiger partial charge in [-0.05, 0) is 31.9 Å². The Kier molecular flexibility index (Phi) is 4.95. The van der Waals surface area contributed by atoms with Gasteiger partial charge in [0, 0.05) is 18.8 Å². The number of hydrogen-bond acceptors (Lipinski definition) is 3. The lowest BCUT2D eigenvalue weighted by molar-refractivity contribution is 0.229. The molecule has 1 aromatic rings. The van der Waals surface area contributed by atoms with Gasteiger partial charge in [0.25, 0.3) is 0 Å². The molecule has 1 aromatic carbocycles. The molecule has 1 aliphatic rings. The van der Waals surface area contributed by atoms with Crippen molar-refractivity contribution in [2.24, 2.45) is 0 Å². The molecule has 3 N–H and O–H groups in total. The first kappa shape index (κ1) is 15.5. The Hall–Kier alpha value is -1.89. The maximum atomic E-state index is 14.0. The molecule has 0 aromatic heterocycles. The van der Waals surface area contributed by atoms with E-state index in [2.05, 4.69) is 10.6 Å². The zero-order valence-corrected chi connectivity index (χ0v) is 11.8. The highest BCUT2D eigenvalue weighted by atomic mass is 19.1. The monoisotopic (exact) mass is 299 g/mol. The summed E-state index contributed by atoms with van der Waals surface area (Å²) in [5, 5.41) is 13.6. The Balaban J connectivity index is 2.10. The minimum absolute atomic E-state index is 0.0376. The van der Waals surface area contributed by atoms with Crippen LogP contribution in [0.1, 0.15) is 19.8 Å². The van der Waals surface area contributed by atoms with Gasteiger partial charge in [0.1, 0.15) is 5.69 Å². The fourth-order valence-electron chi connectivity index (χ4n) is 2.32. The molecular formula is C14H19F2N3O2. The van der Waals surface area contributed by atoms with Crippen molar-refractivity contribution in [2.45, 2.75) is 25.8 Å². The van der Waals surface area contributed by atoms with E-state index in [0.717, 1.165) is 25.0 Å². The first-order valence-corrected chi connectivity index (χ1v) is 6.93. The largest absolute Gasteiger partial charge is 0.394 e. The van der Waals surface area contributed by atoms with E-state index >= 15 is 0 Å². The van der Waals surface area contributed by atoms with Crippen LogP contribution >= 0.6 is 0 Å². The zero-order valence-electron chi connectivity index (χ0n) is 11.8. The molecule has 0 aliphatic carbocycles. The summed E-state index contributed by atoms with van der Waals surface area (Å²) in [5.74, 6) is -1.38. The van der Waals surface area contributed by atoms with E-state index in [1.165, 1.54) is 0 Å². The van der Waals surface area contributed by atoms with Gasteiger partial charge in [-0.15, -0.1) is 0 Å². The van der Waals surface area contributed by atoms with E-state index in [1.807, 2.05) is 0 Å². The molecule has 116 valence electrons. The molecule has 2 rings (SSSR count). The molecule has 0 unspecified atom stereocenters. The van der Waals surface area contributed by atoms with Crippen LogP contribution in [-0.4, -0.2) is 36.9 Å². The lowest BCUT2D eigenvalue weighted by atomic mass is 10.2. The second-order valence-electron chi connectivity index (χ2n) is 5.16. The molecule has 1 saturated heterocycles. The van der Waals surface area contributed by atoms with E-state index in [9.17, 15) is 13.6 Å². The number of anilines is 2. The van der Waals surface area contributed by atoms with Crippen molar-refractivity contribution < 1.29 is 18.7 Å². The topological polar surface area (TPSA) is 64.6 Å². The van der Waals surface area contributed by atoms with Crippen molar-refractivity contribution in [3.8, 4) is 0 Å². The fourth-order valence-corrected chi connectivity index (χ4v) is 2.32. The predicted octanol–water partition coefficient (Wildman–Crippen LogP) is 2.07. The Bertz CT molecular complexity index is 496. The normalized spacial score (nSPS) is 15.9. The molecule has 1 aliphatic heterocycles. The van der Waals surface area contributed by atoms with Crippen molar-refractivity contribution in [1.82, 2.24) is 5.32 Å². The third kappa shape index (κ3) is 3.81. The summed E-state index contributed by atoms with van der Waals surface area (Å²) in [4.78, 5) is 13.2. The second kappa shape index (κ2) is 6.71. The lowest BCUT2D eigenvalue weighted by Crippen LogP contribution is -2.38. The minimum Gasteiger partial charge on any atom is -0.394 e. The van der Waals surface area contributed by atoms with Gasteiger partial charge in [0.05, 0.1) is 12.6 Å². The van der Waals surface area contributed by atoms with Crippen molar-refractivity contribution in [3.63, 3.8) is 0 Å². The molecule has 1 atom stereocenters. The van der Waals surface area contributed by atoms with Gasteiger partial charge in [-0.1, -0.05) is 0 Å². The van der Waals surface area contributed by atoms with E-state index in [4.69, 9.17) is 5.11 Å². The molecule has 7 heteroatoms. The van der Waals surface area contributed by atoms with Crippen molar-refractivity contribution in [2.75, 3.05) is 29.9 Å². The van der Waals surface area contributed by atoms with E-state index in [1.54, 1.807) is 11.8 Å². The summed E-state index contributed by atoms with van der Waals surface area (Å²) < 4.78 is 28.1. The number of aliphatic hydroxyl groups excluding tert-OH is 1. The number of urea groups is 1. The van der Waals surface area contributed by atoms with Gasteiger partial charge in [-0.25, -0.2) is 13.6 Å². The minimum atomic E-state index is -0.692. The number of hydrogen-bond donors (Lipinski definition) is 3. The van der Waals surface area contributed by atoms with Crippen LogP contribution in [0, 0.1) is 11.6 Å². The highest BCUT2D eigenvalue weighted by molar-refractivity contribution is 5.89. The number of nitrogens with one attached hydrogen (secondary N) is 2. The summed E-state index contributed by atoms with van der Waals surface area (Å²) in [5.41, 5.74) is -0.00206. The second-order valence-corrected chi connectivity index (χ2v) is 5.16. The Morgan fingerprint density at radius 2 is 1.90 bits per heavy atom. The predicted molar refractivity (Wildman–Crippen MR) is 76.5 cm³/mol. The van der Waals surface area contributed by atoms with Crippen LogP contribution in [0.15, 0.2) is 12.1 Å². The molecule has 0 radical (unpaired) electrons. The number of carbonyl (C=O) groups excluding carboxylic acids is 1. The molecule has 1 fully saturated rings. The van der Waals surface area contributed by atoms with Gasteiger partial charge < -0.3 is 20.6 Å². The maximum absolute atomic E-state index is 14.0. The third-order valence-corrected chi connectivity index (χ3v) is 3.35. The van der Waals surface area contributed by atoms with Gasteiger partial charge in [-0.3, -0.25) is 0 Å². The highest BCUT2D eigenvalue weighted by Crippen LogP contribution is 2.29. The SMILES string of the molecule is C[C@@H](CO)NC(=O)Nc1cc(F)c(N2CCCC2)c(F)c1. The van der Waals surface area contributed by atoms with Crippen LogP contribution in [0.4, 0.5) is 25.0 Å². The van der Waals surface area contributed by atoms with Crippen molar-refractivity contribution in [3.05, 3.63) is 23.8 Å². The quantitative estimate of drug-likeness (QED) is 0.797. The van der Waals surface area contributed by atoms with Gasteiger partial charge in [-0.2, -0.15) is 0 Å². The number of carbonyl (C=O) groups is 1. The summed E-state index contributed by atoms with van der Waals surface area (Å²) >= 11 is 0. The molecule has 1 heterocycles. The number of rotatable bonds is 4. The molecule has 0 saturated carbocycles. The van der Waals surface area contributed by atoms with Crippen molar-refractivity contribution >= 4 is 17.4 Å². The smallest absolute Gasteiger partial charge is 0.319 e. The number of amides is 2. The zero-order chi connectivity index (χ0) is 15.4. The Morgan fingerprint density at radius 1 is 1.33 bits per heavy atom. The molecule has 0 bridgehead atoms. The van der Waals surface area contributed by atoms with Crippen LogP contribution < -0.4 is 15.5 Å². The van der Waals surface area contributed by atoms with E-state index in [-0.39, 0.29) is 18.0 Å². The molecule has 21 heavy (non-hydrogen) atoms. The van der Waals surface area contributed by atoms with Gasteiger partial charge in [0.15, 0.2) is 11.6 Å². The fraction of sp³-hybridized carbons (Fsp3) is 0.500. The molecular weight excluding hydrogens is 280 g/mol. The van der Waals surface area contributed by atoms with E-state index < -0.39 is 23.7 Å². The summed E-state index contributed by atoms with van der Waals surface area (Å²) in [6.45, 7) is 2.66. The van der Waals surface area contributed by atoms with Crippen LogP contribution in [-0.2, 0) is 0 Å². The van der Waals surface area contributed by atoms with Crippen LogP contribution in [0.3, 0.4) is 0 Å². The van der Waals surface area contributed by atoms with Crippen LogP contribution in [0.5, 0.6) is 0 Å². The highest BCUT2D eigenvalue weighted by Gasteiger charge is 2.21. The van der Waals surface area contributed by atoms with Gasteiger partial charge >= 0.3 is 6.03 Å². The number of halogens is 2. The van der Waals surface area contributed by atoms with Crippen LogP contribution in [0.25, 0.3) is 0 Å². The van der Waals surface area contributed by atoms with Crippen molar-refractivity contribution in [1.29, 1.82) is 0 Å². The maximum Gasteiger partial charge on any atom is 0.319 e. The van der Waals surface area contributed by atoms with Gasteiger partial charge in [0.2, 0.25) is 0 Å². The summed E-state index contributed by atoms with van der Waals surface area (Å²) in [7, 11) is 0. The Labute approximate surface area is 121 Å². The summed E-state index contributed by atoms with van der Waals surface area (Å²) in [6.07, 6.45) is 1.83. The first-order valence-electron chi connectivity index (χ1n) is 6.93. The average Bonchev–Trinajstić information content (AvgIpc) is 2.91. The molecule has 2 amide bonds. The Morgan fingerprint density at radius 3 is 2.43 bits per heavy atom. The number of aliphatic hydroxyl groups is 1. The molecule has 0 spiro atoms. The number of benzene rings is 1. The number of nitrogens with zero attached hydrogens (tertiary/aromatic N) is 1. The molecule has 5 nitrogen and oxygen atoms in total. The van der Waals surface area contributed by atoms with Crippen LogP contribution in [0.2, 0.25) is 0 Å². The third-order valence-electron chi connectivity index (χ3n) is 3.35. The standard InChI is InChI=1S/C14H19F2N3O2/c1-9(8-20)17-14(21)18-10-6-11(15)13(12(16)7-10)19-4-2-3-5-19/h6-7,9,20H,2-5,8H2,1H3,(H2,17,18,21)/t9-/m0/s1. The lowest BCUT2D eigenvalue weighted by Gasteiger charge is -2.20. The average molecular weight is 299 g/mol. The van der Waals surface area contributed by atoms with E-state index in [0.29, 0.717) is 13.1 Å². The first-order chi connectivity index (χ1) is 10.0.